The van der Waals surface area contributed by atoms with Gasteiger partial charge in [-0.25, -0.2) is 4.98 Å². The van der Waals surface area contributed by atoms with Crippen LogP contribution >= 0.6 is 0 Å². The number of pyridine rings is 1. The van der Waals surface area contributed by atoms with Gasteiger partial charge in [0.25, 0.3) is 0 Å². The van der Waals surface area contributed by atoms with Crippen molar-refractivity contribution < 1.29 is 0 Å². The van der Waals surface area contributed by atoms with E-state index in [1.165, 1.54) is 0 Å². The van der Waals surface area contributed by atoms with Crippen LogP contribution in [-0.2, 0) is 0 Å². The van der Waals surface area contributed by atoms with Crippen molar-refractivity contribution in [3.8, 4) is 0 Å². The Kier molecular flexibility index (Phi) is 4.27. The minimum Gasteiger partial charge on any atom is -0.397 e. The number of hydrogen-bond donors (Lipinski definition) is 2. The van der Waals surface area contributed by atoms with Crippen LogP contribution in [0.1, 0.15) is 12.5 Å². The Hall–Kier alpha value is -2.10. The average Bonchev–Trinajstić information content (AvgIpc) is 2.29. The van der Waals surface area contributed by atoms with Gasteiger partial charge in [0.05, 0.1) is 5.70 Å². The predicted molar refractivity (Wildman–Crippen MR) is 68.2 cm³/mol. The van der Waals surface area contributed by atoms with E-state index in [4.69, 9.17) is 5.73 Å². The Morgan fingerprint density at radius 1 is 1.56 bits per heavy atom. The average molecular weight is 216 g/mol. The maximum atomic E-state index is 5.80. The van der Waals surface area contributed by atoms with Crippen LogP contribution in [0.5, 0.6) is 0 Å². The summed E-state index contributed by atoms with van der Waals surface area (Å²) in [6, 6.07) is 3.89. The minimum atomic E-state index is 0.606. The molecule has 0 bridgehead atoms. The highest BCUT2D eigenvalue weighted by molar-refractivity contribution is 5.43. The third kappa shape index (κ3) is 3.57. The molecule has 0 spiro atoms. The maximum absolute atomic E-state index is 5.80. The fourth-order valence-corrected chi connectivity index (χ4v) is 1.06. The topological polar surface area (TPSA) is 63.3 Å². The second kappa shape index (κ2) is 5.70. The van der Waals surface area contributed by atoms with Crippen LogP contribution in [0.15, 0.2) is 47.0 Å². The van der Waals surface area contributed by atoms with E-state index in [0.717, 1.165) is 17.1 Å². The van der Waals surface area contributed by atoms with E-state index >= 15 is 0 Å². The van der Waals surface area contributed by atoms with Gasteiger partial charge in [-0.2, -0.15) is 0 Å². The standard InChI is InChI=1S/C12H16N4/c1-9-4-5-12(15-8-9)16-10(2)11(13)6-7-14-3/h4-8H,3,13H2,1-2H3,(H,15,16)/b7-6-,11-10-. The van der Waals surface area contributed by atoms with Gasteiger partial charge in [-0.1, -0.05) is 6.07 Å². The smallest absolute Gasteiger partial charge is 0.130 e. The third-order valence-corrected chi connectivity index (χ3v) is 2.02. The quantitative estimate of drug-likeness (QED) is 0.599. The van der Waals surface area contributed by atoms with Gasteiger partial charge < -0.3 is 11.1 Å². The number of hydrogen-bond acceptors (Lipinski definition) is 4. The van der Waals surface area contributed by atoms with Gasteiger partial charge in [0.2, 0.25) is 0 Å². The van der Waals surface area contributed by atoms with Gasteiger partial charge in [-0.05, 0) is 38.3 Å². The normalized spacial score (nSPS) is 12.4. The van der Waals surface area contributed by atoms with Gasteiger partial charge in [-0.3, -0.25) is 4.99 Å². The van der Waals surface area contributed by atoms with Crippen molar-refractivity contribution in [3.05, 3.63) is 47.6 Å². The summed E-state index contributed by atoms with van der Waals surface area (Å²) in [5.41, 5.74) is 8.35. The van der Waals surface area contributed by atoms with E-state index in [1.807, 2.05) is 26.0 Å². The zero-order valence-electron chi connectivity index (χ0n) is 9.57. The largest absolute Gasteiger partial charge is 0.397 e. The number of nitrogens with zero attached hydrogens (tertiary/aromatic N) is 2. The van der Waals surface area contributed by atoms with E-state index in [0.29, 0.717) is 5.70 Å². The van der Waals surface area contributed by atoms with Crippen LogP contribution in [0, 0.1) is 6.92 Å². The second-order valence-electron chi connectivity index (χ2n) is 3.42. The van der Waals surface area contributed by atoms with Gasteiger partial charge in [-0.15, -0.1) is 0 Å². The Morgan fingerprint density at radius 3 is 2.88 bits per heavy atom. The van der Waals surface area contributed by atoms with Crippen LogP contribution in [0.3, 0.4) is 0 Å². The summed E-state index contributed by atoms with van der Waals surface area (Å²) in [6.45, 7) is 7.21. The number of anilines is 1. The summed E-state index contributed by atoms with van der Waals surface area (Å²) in [5.74, 6) is 0.769. The number of aliphatic imine (C=N–C) groups is 1. The lowest BCUT2D eigenvalue weighted by Crippen LogP contribution is -2.06. The fraction of sp³-hybridized carbons (Fsp3) is 0.167. The summed E-state index contributed by atoms with van der Waals surface area (Å²) >= 11 is 0. The molecule has 0 aromatic carbocycles. The first kappa shape index (κ1) is 12.0. The van der Waals surface area contributed by atoms with Crippen LogP contribution < -0.4 is 11.1 Å². The van der Waals surface area contributed by atoms with Crippen LogP contribution in [0.4, 0.5) is 5.82 Å². The lowest BCUT2D eigenvalue weighted by Gasteiger charge is -2.07. The molecule has 16 heavy (non-hydrogen) atoms. The first-order valence-electron chi connectivity index (χ1n) is 4.92. The molecule has 4 heteroatoms. The number of allylic oxidation sites excluding steroid dienone is 2. The lowest BCUT2D eigenvalue weighted by atomic mass is 10.3. The molecular weight excluding hydrogens is 200 g/mol. The maximum Gasteiger partial charge on any atom is 0.130 e. The Bertz CT molecular complexity index is 415. The molecule has 4 nitrogen and oxygen atoms in total. The molecule has 0 saturated heterocycles. The van der Waals surface area contributed by atoms with Gasteiger partial charge in [0, 0.05) is 18.1 Å². The zero-order valence-corrected chi connectivity index (χ0v) is 9.57. The zero-order chi connectivity index (χ0) is 12.0. The van der Waals surface area contributed by atoms with E-state index in [-0.39, 0.29) is 0 Å². The molecule has 0 radical (unpaired) electrons. The molecule has 0 aliphatic rings. The molecular formula is C12H16N4. The van der Waals surface area contributed by atoms with E-state index in [1.54, 1.807) is 18.5 Å². The summed E-state index contributed by atoms with van der Waals surface area (Å²) in [7, 11) is 0. The van der Waals surface area contributed by atoms with Crippen LogP contribution in [0.25, 0.3) is 0 Å². The SMILES string of the molecule is C=N/C=C\C(N)=C(/C)Nc1ccc(C)cn1. The predicted octanol–water partition coefficient (Wildman–Crippen LogP) is 2.21. The second-order valence-corrected chi connectivity index (χ2v) is 3.42. The highest BCUT2D eigenvalue weighted by Gasteiger charge is 1.96. The van der Waals surface area contributed by atoms with Crippen molar-refractivity contribution in [2.24, 2.45) is 10.7 Å². The van der Waals surface area contributed by atoms with Crippen LogP contribution in [0.2, 0.25) is 0 Å². The van der Waals surface area contributed by atoms with Gasteiger partial charge in [0.1, 0.15) is 5.82 Å². The summed E-state index contributed by atoms with van der Waals surface area (Å²) in [4.78, 5) is 7.81. The summed E-state index contributed by atoms with van der Waals surface area (Å²) < 4.78 is 0. The van der Waals surface area contributed by atoms with Crippen molar-refractivity contribution >= 4 is 12.5 Å². The molecule has 1 rings (SSSR count). The Balaban J connectivity index is 2.77. The first-order valence-corrected chi connectivity index (χ1v) is 4.92. The van der Waals surface area contributed by atoms with E-state index < -0.39 is 0 Å². The third-order valence-electron chi connectivity index (χ3n) is 2.02. The van der Waals surface area contributed by atoms with Crippen molar-refractivity contribution in [2.45, 2.75) is 13.8 Å². The highest BCUT2D eigenvalue weighted by Crippen LogP contribution is 2.08. The Labute approximate surface area is 95.6 Å². The number of aromatic nitrogens is 1. The summed E-state index contributed by atoms with van der Waals surface area (Å²) in [6.07, 6.45) is 5.03. The monoisotopic (exact) mass is 216 g/mol. The Morgan fingerprint density at radius 2 is 2.31 bits per heavy atom. The van der Waals surface area contributed by atoms with Gasteiger partial charge in [0.15, 0.2) is 0 Å². The number of nitrogens with two attached hydrogens (primary N) is 1. The molecule has 1 aromatic heterocycles. The highest BCUT2D eigenvalue weighted by atomic mass is 15.0. The molecule has 0 aliphatic heterocycles. The molecule has 0 aliphatic carbocycles. The first-order chi connectivity index (χ1) is 7.63. The molecule has 84 valence electrons. The van der Waals surface area contributed by atoms with Crippen molar-refractivity contribution in [3.63, 3.8) is 0 Å². The molecule has 0 fully saturated rings. The number of nitrogens with one attached hydrogen (secondary N) is 1. The molecule has 0 saturated carbocycles. The van der Waals surface area contributed by atoms with Crippen molar-refractivity contribution in [1.29, 1.82) is 0 Å². The number of aryl methyl sites for hydroxylation is 1. The van der Waals surface area contributed by atoms with E-state index in [9.17, 15) is 0 Å². The van der Waals surface area contributed by atoms with Crippen LogP contribution in [-0.4, -0.2) is 11.7 Å². The van der Waals surface area contributed by atoms with E-state index in [2.05, 4.69) is 22.0 Å². The molecule has 3 N–H and O–H groups in total. The number of rotatable bonds is 4. The van der Waals surface area contributed by atoms with Crippen molar-refractivity contribution in [1.82, 2.24) is 4.98 Å². The molecule has 0 atom stereocenters. The van der Waals surface area contributed by atoms with Gasteiger partial charge >= 0.3 is 0 Å². The minimum absolute atomic E-state index is 0.606. The fourth-order valence-electron chi connectivity index (χ4n) is 1.06. The lowest BCUT2D eigenvalue weighted by molar-refractivity contribution is 1.19. The van der Waals surface area contributed by atoms with Crippen molar-refractivity contribution in [2.75, 3.05) is 5.32 Å². The molecule has 1 heterocycles. The summed E-state index contributed by atoms with van der Waals surface area (Å²) in [5, 5.41) is 3.11. The molecule has 1 aromatic rings. The molecule has 0 unspecified atom stereocenters. The molecule has 0 amide bonds.